The van der Waals surface area contributed by atoms with Gasteiger partial charge in [-0.3, -0.25) is 0 Å². The van der Waals surface area contributed by atoms with Crippen LogP contribution in [0, 0.1) is 11.3 Å². The second-order valence-corrected chi connectivity index (χ2v) is 6.31. The minimum atomic E-state index is 0.609. The van der Waals surface area contributed by atoms with Crippen molar-refractivity contribution < 1.29 is 0 Å². The van der Waals surface area contributed by atoms with Crippen molar-refractivity contribution in [2.45, 2.75) is 33.1 Å². The minimum absolute atomic E-state index is 0.609. The molecule has 0 atom stereocenters. The molecule has 2 heteroatoms. The molecule has 0 bridgehead atoms. The van der Waals surface area contributed by atoms with Crippen LogP contribution < -0.4 is 5.32 Å². The van der Waals surface area contributed by atoms with Gasteiger partial charge in [-0.1, -0.05) is 19.9 Å². The van der Waals surface area contributed by atoms with Crippen molar-refractivity contribution in [1.82, 2.24) is 5.32 Å². The van der Waals surface area contributed by atoms with E-state index in [0.717, 1.165) is 5.92 Å². The quantitative estimate of drug-likeness (QED) is 0.807. The lowest BCUT2D eigenvalue weighted by Gasteiger charge is -2.44. The maximum Gasteiger partial charge on any atom is 0.00454 e. The van der Waals surface area contributed by atoms with E-state index in [2.05, 4.69) is 36.7 Å². The molecule has 0 aromatic carbocycles. The van der Waals surface area contributed by atoms with Crippen LogP contribution in [0.5, 0.6) is 0 Å². The Labute approximate surface area is 96.9 Å². The highest BCUT2D eigenvalue weighted by atomic mass is 32.1. The molecule has 0 radical (unpaired) electrons. The topological polar surface area (TPSA) is 12.0 Å². The van der Waals surface area contributed by atoms with Gasteiger partial charge in [0.15, 0.2) is 0 Å². The van der Waals surface area contributed by atoms with Crippen molar-refractivity contribution in [3.8, 4) is 0 Å². The third-order valence-electron chi connectivity index (χ3n) is 3.32. The Hall–Kier alpha value is -0.340. The number of nitrogens with one attached hydrogen (secondary N) is 1. The first-order chi connectivity index (χ1) is 7.20. The maximum atomic E-state index is 3.44. The van der Waals surface area contributed by atoms with Gasteiger partial charge < -0.3 is 5.32 Å². The van der Waals surface area contributed by atoms with E-state index in [1.54, 1.807) is 4.88 Å². The van der Waals surface area contributed by atoms with Crippen LogP contribution in [0.25, 0.3) is 0 Å². The van der Waals surface area contributed by atoms with Crippen LogP contribution in [-0.2, 0) is 6.42 Å². The molecule has 2 heterocycles. The van der Waals surface area contributed by atoms with E-state index in [1.165, 1.54) is 32.4 Å². The standard InChI is InChI=1S/C13H21NS/c1-11(2)8-13(9-14-10-13)6-5-12-4-3-7-15-12/h3-4,7,11,14H,5-6,8-10H2,1-2H3. The molecule has 1 aromatic heterocycles. The molecular weight excluding hydrogens is 202 g/mol. The van der Waals surface area contributed by atoms with Crippen LogP contribution in [0.3, 0.4) is 0 Å². The van der Waals surface area contributed by atoms with Crippen LogP contribution in [-0.4, -0.2) is 13.1 Å². The molecule has 0 aliphatic carbocycles. The fourth-order valence-corrected chi connectivity index (χ4v) is 3.32. The molecule has 0 amide bonds. The van der Waals surface area contributed by atoms with Crippen LogP contribution in [0.4, 0.5) is 0 Å². The summed E-state index contributed by atoms with van der Waals surface area (Å²) in [6, 6.07) is 4.42. The monoisotopic (exact) mass is 223 g/mol. The zero-order valence-electron chi connectivity index (χ0n) is 9.75. The molecule has 0 unspecified atom stereocenters. The summed E-state index contributed by atoms with van der Waals surface area (Å²) in [4.78, 5) is 1.55. The lowest BCUT2D eigenvalue weighted by atomic mass is 9.72. The first-order valence-corrected chi connectivity index (χ1v) is 6.81. The molecule has 0 spiro atoms. The highest BCUT2D eigenvalue weighted by Crippen LogP contribution is 2.35. The highest BCUT2D eigenvalue weighted by molar-refractivity contribution is 7.09. The molecule has 1 aliphatic rings. The predicted octanol–water partition coefficient (Wildman–Crippen LogP) is 3.32. The molecule has 1 N–H and O–H groups in total. The molecule has 1 aliphatic heterocycles. The average molecular weight is 223 g/mol. The molecule has 15 heavy (non-hydrogen) atoms. The molecule has 1 fully saturated rings. The zero-order chi connectivity index (χ0) is 10.7. The Balaban J connectivity index is 1.85. The van der Waals surface area contributed by atoms with Crippen molar-refractivity contribution in [2.24, 2.45) is 11.3 Å². The van der Waals surface area contributed by atoms with Gasteiger partial charge in [-0.05, 0) is 42.0 Å². The second kappa shape index (κ2) is 4.67. The Bertz CT molecular complexity index is 285. The van der Waals surface area contributed by atoms with Gasteiger partial charge >= 0.3 is 0 Å². The summed E-state index contributed by atoms with van der Waals surface area (Å²) in [6.45, 7) is 7.14. The summed E-state index contributed by atoms with van der Waals surface area (Å²) in [5.74, 6) is 0.829. The largest absolute Gasteiger partial charge is 0.316 e. The van der Waals surface area contributed by atoms with Crippen molar-refractivity contribution >= 4 is 11.3 Å². The summed E-state index contributed by atoms with van der Waals surface area (Å²) in [5, 5.41) is 5.62. The van der Waals surface area contributed by atoms with Crippen molar-refractivity contribution in [1.29, 1.82) is 0 Å². The first kappa shape index (κ1) is 11.2. The highest BCUT2D eigenvalue weighted by Gasteiger charge is 2.36. The Morgan fingerprint density at radius 3 is 2.73 bits per heavy atom. The SMILES string of the molecule is CC(C)CC1(CCc2cccs2)CNC1. The summed E-state index contributed by atoms with van der Waals surface area (Å²) in [6.07, 6.45) is 4.01. The number of hydrogen-bond acceptors (Lipinski definition) is 2. The van der Waals surface area contributed by atoms with Gasteiger partial charge in [0.1, 0.15) is 0 Å². The Kier molecular flexibility index (Phi) is 3.47. The van der Waals surface area contributed by atoms with Gasteiger partial charge in [0.05, 0.1) is 0 Å². The van der Waals surface area contributed by atoms with Gasteiger partial charge in [-0.15, -0.1) is 11.3 Å². The third kappa shape index (κ3) is 2.82. The van der Waals surface area contributed by atoms with Crippen molar-refractivity contribution in [3.05, 3.63) is 22.4 Å². The number of hydrogen-bond donors (Lipinski definition) is 1. The third-order valence-corrected chi connectivity index (χ3v) is 4.26. The van der Waals surface area contributed by atoms with E-state index < -0.39 is 0 Å². The Morgan fingerprint density at radius 1 is 1.47 bits per heavy atom. The lowest BCUT2D eigenvalue weighted by molar-refractivity contribution is 0.119. The number of rotatable bonds is 5. The first-order valence-electron chi connectivity index (χ1n) is 5.93. The molecule has 1 nitrogen and oxygen atoms in total. The minimum Gasteiger partial charge on any atom is -0.316 e. The summed E-state index contributed by atoms with van der Waals surface area (Å²) >= 11 is 1.90. The van der Waals surface area contributed by atoms with E-state index in [1.807, 2.05) is 11.3 Å². The van der Waals surface area contributed by atoms with E-state index in [9.17, 15) is 0 Å². The normalized spacial score (nSPS) is 19.1. The van der Waals surface area contributed by atoms with Crippen LogP contribution in [0.1, 0.15) is 31.6 Å². The van der Waals surface area contributed by atoms with Crippen molar-refractivity contribution in [3.63, 3.8) is 0 Å². The fourth-order valence-electron chi connectivity index (χ4n) is 2.61. The molecule has 2 rings (SSSR count). The van der Waals surface area contributed by atoms with Gasteiger partial charge in [-0.2, -0.15) is 0 Å². The van der Waals surface area contributed by atoms with E-state index in [4.69, 9.17) is 0 Å². The Morgan fingerprint density at radius 2 is 2.27 bits per heavy atom. The molecule has 84 valence electrons. The number of aryl methyl sites for hydroxylation is 1. The molecular formula is C13H21NS. The summed E-state index contributed by atoms with van der Waals surface area (Å²) in [5.41, 5.74) is 0.609. The second-order valence-electron chi connectivity index (χ2n) is 5.28. The van der Waals surface area contributed by atoms with Gasteiger partial charge in [0.25, 0.3) is 0 Å². The van der Waals surface area contributed by atoms with Crippen LogP contribution >= 0.6 is 11.3 Å². The summed E-state index contributed by atoms with van der Waals surface area (Å²) in [7, 11) is 0. The van der Waals surface area contributed by atoms with Crippen molar-refractivity contribution in [2.75, 3.05) is 13.1 Å². The number of thiophene rings is 1. The average Bonchev–Trinajstić information content (AvgIpc) is 2.61. The lowest BCUT2D eigenvalue weighted by Crippen LogP contribution is -2.54. The van der Waals surface area contributed by atoms with Crippen LogP contribution in [0.15, 0.2) is 17.5 Å². The summed E-state index contributed by atoms with van der Waals surface area (Å²) < 4.78 is 0. The van der Waals surface area contributed by atoms with Gasteiger partial charge in [0.2, 0.25) is 0 Å². The van der Waals surface area contributed by atoms with Crippen LogP contribution in [0.2, 0.25) is 0 Å². The smallest absolute Gasteiger partial charge is 0.00454 e. The zero-order valence-corrected chi connectivity index (χ0v) is 10.6. The van der Waals surface area contributed by atoms with E-state index >= 15 is 0 Å². The maximum absolute atomic E-state index is 3.44. The molecule has 1 saturated heterocycles. The fraction of sp³-hybridized carbons (Fsp3) is 0.692. The predicted molar refractivity (Wildman–Crippen MR) is 67.4 cm³/mol. The van der Waals surface area contributed by atoms with Gasteiger partial charge in [0, 0.05) is 18.0 Å². The van der Waals surface area contributed by atoms with E-state index in [0.29, 0.717) is 5.41 Å². The van der Waals surface area contributed by atoms with E-state index in [-0.39, 0.29) is 0 Å². The molecule has 0 saturated carbocycles. The van der Waals surface area contributed by atoms with Gasteiger partial charge in [-0.25, -0.2) is 0 Å². The molecule has 1 aromatic rings.